The van der Waals surface area contributed by atoms with Gasteiger partial charge in [-0.25, -0.2) is 0 Å². The summed E-state index contributed by atoms with van der Waals surface area (Å²) in [7, 11) is 3.53. The summed E-state index contributed by atoms with van der Waals surface area (Å²) >= 11 is 0. The van der Waals surface area contributed by atoms with Crippen molar-refractivity contribution in [3.05, 3.63) is 53.3 Å². The highest BCUT2D eigenvalue weighted by Crippen LogP contribution is 2.24. The van der Waals surface area contributed by atoms with E-state index in [0.717, 1.165) is 60.2 Å². The minimum Gasteiger partial charge on any atom is -0.496 e. The smallest absolute Gasteiger partial charge is 0.193 e. The number of rotatable bonds is 5. The molecule has 1 aromatic heterocycles. The summed E-state index contributed by atoms with van der Waals surface area (Å²) in [6.07, 6.45) is 4.07. The zero-order valence-corrected chi connectivity index (χ0v) is 17.2. The van der Waals surface area contributed by atoms with Crippen LogP contribution < -0.4 is 14.8 Å². The van der Waals surface area contributed by atoms with Crippen LogP contribution in [0.2, 0.25) is 0 Å². The second-order valence-electron chi connectivity index (χ2n) is 7.06. The molecule has 2 aromatic rings. The van der Waals surface area contributed by atoms with Gasteiger partial charge >= 0.3 is 0 Å². The molecular formula is C22H30N4O2. The first kappa shape index (κ1) is 20.0. The van der Waals surface area contributed by atoms with Gasteiger partial charge in [-0.05, 0) is 26.0 Å². The highest BCUT2D eigenvalue weighted by atomic mass is 16.5. The minimum atomic E-state index is 0.252. The molecule has 1 aromatic carbocycles. The molecule has 1 saturated heterocycles. The summed E-state index contributed by atoms with van der Waals surface area (Å²) < 4.78 is 11.6. The van der Waals surface area contributed by atoms with Gasteiger partial charge in [0.15, 0.2) is 5.96 Å². The van der Waals surface area contributed by atoms with Gasteiger partial charge in [0, 0.05) is 50.3 Å². The van der Waals surface area contributed by atoms with Crippen molar-refractivity contribution in [1.29, 1.82) is 0 Å². The number of aromatic nitrogens is 1. The first-order valence-electron chi connectivity index (χ1n) is 9.78. The SMILES string of the molecule is CN=C(NCc1ncc(C)c(OC)c1C)N1CCC(Oc2ccccc2)CC1. The molecule has 0 aliphatic carbocycles. The molecule has 3 rings (SSSR count). The fraction of sp³-hybridized carbons (Fsp3) is 0.455. The average Bonchev–Trinajstić information content (AvgIpc) is 2.72. The van der Waals surface area contributed by atoms with Crippen LogP contribution in [0, 0.1) is 13.8 Å². The molecule has 6 nitrogen and oxygen atoms in total. The van der Waals surface area contributed by atoms with E-state index in [2.05, 4.69) is 20.2 Å². The van der Waals surface area contributed by atoms with E-state index in [9.17, 15) is 0 Å². The highest BCUT2D eigenvalue weighted by molar-refractivity contribution is 5.80. The van der Waals surface area contributed by atoms with Crippen LogP contribution >= 0.6 is 0 Å². The van der Waals surface area contributed by atoms with Crippen LogP contribution in [0.1, 0.15) is 29.7 Å². The summed E-state index contributed by atoms with van der Waals surface area (Å²) in [5, 5.41) is 3.45. The van der Waals surface area contributed by atoms with Gasteiger partial charge in [-0.3, -0.25) is 9.98 Å². The van der Waals surface area contributed by atoms with Crippen molar-refractivity contribution in [3.8, 4) is 11.5 Å². The first-order chi connectivity index (χ1) is 13.6. The standard InChI is InChI=1S/C22H30N4O2/c1-16-14-24-20(17(2)21(16)27-4)15-25-22(23-3)26-12-10-19(11-13-26)28-18-8-6-5-7-9-18/h5-9,14,19H,10-13,15H2,1-4H3,(H,23,25). The Kier molecular flexibility index (Phi) is 6.74. The number of methoxy groups -OCH3 is 1. The molecule has 0 radical (unpaired) electrons. The lowest BCUT2D eigenvalue weighted by Crippen LogP contribution is -2.47. The summed E-state index contributed by atoms with van der Waals surface area (Å²) in [4.78, 5) is 11.3. The molecule has 1 aliphatic heterocycles. The Morgan fingerprint density at radius 1 is 1.21 bits per heavy atom. The number of aryl methyl sites for hydroxylation is 1. The lowest BCUT2D eigenvalue weighted by Gasteiger charge is -2.34. The van der Waals surface area contributed by atoms with Crippen molar-refractivity contribution >= 4 is 5.96 Å². The van der Waals surface area contributed by atoms with Crippen LogP contribution in [0.3, 0.4) is 0 Å². The third-order valence-electron chi connectivity index (χ3n) is 5.16. The van der Waals surface area contributed by atoms with E-state index in [1.165, 1.54) is 0 Å². The van der Waals surface area contributed by atoms with E-state index in [-0.39, 0.29) is 6.10 Å². The molecule has 0 spiro atoms. The number of nitrogens with zero attached hydrogens (tertiary/aromatic N) is 3. The number of hydrogen-bond donors (Lipinski definition) is 1. The van der Waals surface area contributed by atoms with Gasteiger partial charge in [0.25, 0.3) is 0 Å². The monoisotopic (exact) mass is 382 g/mol. The topological polar surface area (TPSA) is 59.0 Å². The van der Waals surface area contributed by atoms with E-state index < -0.39 is 0 Å². The molecule has 2 heterocycles. The van der Waals surface area contributed by atoms with Crippen LogP contribution in [0.15, 0.2) is 41.5 Å². The molecular weight excluding hydrogens is 352 g/mol. The lowest BCUT2D eigenvalue weighted by molar-refractivity contribution is 0.129. The van der Waals surface area contributed by atoms with Gasteiger partial charge in [0.1, 0.15) is 17.6 Å². The molecule has 6 heteroatoms. The fourth-order valence-electron chi connectivity index (χ4n) is 3.62. The van der Waals surface area contributed by atoms with Crippen molar-refractivity contribution in [2.45, 2.75) is 39.3 Å². The number of likely N-dealkylation sites (tertiary alicyclic amines) is 1. The Balaban J connectivity index is 1.54. The third kappa shape index (κ3) is 4.74. The maximum Gasteiger partial charge on any atom is 0.193 e. The number of para-hydroxylation sites is 1. The van der Waals surface area contributed by atoms with Crippen LogP contribution in [-0.2, 0) is 6.54 Å². The van der Waals surface area contributed by atoms with Crippen molar-refractivity contribution in [2.75, 3.05) is 27.2 Å². The van der Waals surface area contributed by atoms with Gasteiger partial charge < -0.3 is 19.7 Å². The number of nitrogens with one attached hydrogen (secondary N) is 1. The number of piperidine rings is 1. The maximum absolute atomic E-state index is 6.09. The van der Waals surface area contributed by atoms with Gasteiger partial charge in [-0.1, -0.05) is 18.2 Å². The van der Waals surface area contributed by atoms with E-state index in [0.29, 0.717) is 6.54 Å². The quantitative estimate of drug-likeness (QED) is 0.635. The Bertz CT molecular complexity index is 800. The molecule has 0 amide bonds. The maximum atomic E-state index is 6.09. The molecule has 0 saturated carbocycles. The van der Waals surface area contributed by atoms with Crippen LogP contribution in [0.4, 0.5) is 0 Å². The minimum absolute atomic E-state index is 0.252. The van der Waals surface area contributed by atoms with E-state index in [4.69, 9.17) is 9.47 Å². The number of ether oxygens (including phenoxy) is 2. The molecule has 0 atom stereocenters. The van der Waals surface area contributed by atoms with Crippen molar-refractivity contribution in [2.24, 2.45) is 4.99 Å². The number of pyridine rings is 1. The fourth-order valence-corrected chi connectivity index (χ4v) is 3.62. The van der Waals surface area contributed by atoms with E-state index >= 15 is 0 Å². The Hall–Kier alpha value is -2.76. The highest BCUT2D eigenvalue weighted by Gasteiger charge is 2.23. The van der Waals surface area contributed by atoms with Crippen molar-refractivity contribution in [1.82, 2.24) is 15.2 Å². The van der Waals surface area contributed by atoms with E-state index in [1.54, 1.807) is 7.11 Å². The predicted octanol–water partition coefficient (Wildman–Crippen LogP) is 3.33. The van der Waals surface area contributed by atoms with Gasteiger partial charge in [-0.15, -0.1) is 0 Å². The summed E-state index contributed by atoms with van der Waals surface area (Å²) in [5.74, 6) is 2.75. The number of hydrogen-bond acceptors (Lipinski definition) is 4. The second kappa shape index (κ2) is 9.44. The van der Waals surface area contributed by atoms with Crippen molar-refractivity contribution < 1.29 is 9.47 Å². The third-order valence-corrected chi connectivity index (χ3v) is 5.16. The lowest BCUT2D eigenvalue weighted by atomic mass is 10.1. The van der Waals surface area contributed by atoms with E-state index in [1.807, 2.05) is 57.4 Å². The van der Waals surface area contributed by atoms with Gasteiger partial charge in [0.05, 0.1) is 19.3 Å². The molecule has 0 unspecified atom stereocenters. The predicted molar refractivity (Wildman–Crippen MR) is 112 cm³/mol. The normalized spacial score (nSPS) is 15.4. The average molecular weight is 383 g/mol. The first-order valence-corrected chi connectivity index (χ1v) is 9.78. The van der Waals surface area contributed by atoms with Gasteiger partial charge in [-0.2, -0.15) is 0 Å². The van der Waals surface area contributed by atoms with Crippen LogP contribution in [0.25, 0.3) is 0 Å². The van der Waals surface area contributed by atoms with Gasteiger partial charge in [0.2, 0.25) is 0 Å². The molecule has 0 bridgehead atoms. The Morgan fingerprint density at radius 2 is 1.93 bits per heavy atom. The Labute approximate surface area is 167 Å². The largest absolute Gasteiger partial charge is 0.496 e. The van der Waals surface area contributed by atoms with Crippen LogP contribution in [-0.4, -0.2) is 49.2 Å². The molecule has 1 aliphatic rings. The number of benzene rings is 1. The zero-order chi connectivity index (χ0) is 19.9. The number of aliphatic imine (C=N–C) groups is 1. The Morgan fingerprint density at radius 3 is 2.57 bits per heavy atom. The molecule has 1 N–H and O–H groups in total. The van der Waals surface area contributed by atoms with Crippen molar-refractivity contribution in [3.63, 3.8) is 0 Å². The summed E-state index contributed by atoms with van der Waals surface area (Å²) in [6, 6.07) is 10.0. The van der Waals surface area contributed by atoms with Crippen LogP contribution in [0.5, 0.6) is 11.5 Å². The molecule has 150 valence electrons. The number of guanidine groups is 1. The zero-order valence-electron chi connectivity index (χ0n) is 17.2. The second-order valence-corrected chi connectivity index (χ2v) is 7.06. The molecule has 1 fully saturated rings. The summed E-state index contributed by atoms with van der Waals surface area (Å²) in [6.45, 7) is 6.51. The summed E-state index contributed by atoms with van der Waals surface area (Å²) in [5.41, 5.74) is 3.10. The molecule has 28 heavy (non-hydrogen) atoms.